The molecule has 0 bridgehead atoms. The van der Waals surface area contributed by atoms with Crippen LogP contribution in [0, 0.1) is 0 Å². The maximum Gasteiger partial charge on any atom is 0.375 e. The van der Waals surface area contributed by atoms with Crippen molar-refractivity contribution in [3.8, 4) is 28.0 Å². The van der Waals surface area contributed by atoms with Crippen LogP contribution in [-0.4, -0.2) is 31.8 Å². The van der Waals surface area contributed by atoms with Gasteiger partial charge in [0.25, 0.3) is 21.5 Å². The molecule has 12 heteroatoms. The summed E-state index contributed by atoms with van der Waals surface area (Å²) in [5.41, 5.74) is 4.75. The van der Waals surface area contributed by atoms with Crippen LogP contribution < -0.4 is 14.2 Å². The van der Waals surface area contributed by atoms with Crippen LogP contribution in [0.1, 0.15) is 5.89 Å². The fourth-order valence-corrected chi connectivity index (χ4v) is 6.06. The average molecular weight is 618 g/mol. The second-order valence-electron chi connectivity index (χ2n) is 9.78. The summed E-state index contributed by atoms with van der Waals surface area (Å²) in [5, 5.41) is 0. The third-order valence-electron chi connectivity index (χ3n) is 6.74. The molecule has 10 nitrogen and oxygen atoms in total. The van der Waals surface area contributed by atoms with E-state index in [0.29, 0.717) is 22.5 Å². The highest BCUT2D eigenvalue weighted by Crippen LogP contribution is 2.41. The Kier molecular flexibility index (Phi) is 7.36. The van der Waals surface area contributed by atoms with Crippen molar-refractivity contribution in [3.63, 3.8) is 0 Å². The Morgan fingerprint density at radius 1 is 0.744 bits per heavy atom. The molecule has 1 aromatic heterocycles. The van der Waals surface area contributed by atoms with Gasteiger partial charge in [-0.1, -0.05) is 72.8 Å². The van der Waals surface area contributed by atoms with Gasteiger partial charge in [0, 0.05) is 6.07 Å². The highest BCUT2D eigenvalue weighted by Gasteiger charge is 2.30. The standard InChI is InChI=1S/C31H24N2O8S2/c34-42(35,36)20-32-26-18-24(22-8-3-1-4-9-22)14-16-28(26)40-30(32)12-7-13-31-33(21-43(37,38)39)27-19-25(15-17-29(27)41-31)23-10-5-2-6-11-23/h1-19H,20-21H2,(H-,34,35,36,37,38,39)/p+1. The molecule has 43 heavy (non-hydrogen) atoms. The van der Waals surface area contributed by atoms with Crippen molar-refractivity contribution in [1.29, 1.82) is 0 Å². The maximum atomic E-state index is 11.9. The minimum atomic E-state index is -4.45. The number of allylic oxidation sites excluding steroid dienone is 2. The maximum absolute atomic E-state index is 11.9. The van der Waals surface area contributed by atoms with Crippen LogP contribution in [0.3, 0.4) is 0 Å². The molecule has 6 rings (SSSR count). The summed E-state index contributed by atoms with van der Waals surface area (Å²) in [6.45, 7) is 0. The van der Waals surface area contributed by atoms with Gasteiger partial charge in [-0.15, -0.1) is 4.57 Å². The SMILES string of the molecule is O=S(=O)(O)CN1/C(=C/C=C/c2oc3ccc(-c4ccccc4)cc3[n+]2CS(=O)(=O)O)Oc2ccc(-c3ccccc3)cc21. The fourth-order valence-electron chi connectivity index (χ4n) is 4.88. The second kappa shape index (κ2) is 11.2. The van der Waals surface area contributed by atoms with E-state index in [1.54, 1.807) is 24.3 Å². The molecule has 4 aromatic carbocycles. The van der Waals surface area contributed by atoms with Crippen LogP contribution in [0.2, 0.25) is 0 Å². The quantitative estimate of drug-likeness (QED) is 0.171. The lowest BCUT2D eigenvalue weighted by Crippen LogP contribution is -2.39. The summed E-state index contributed by atoms with van der Waals surface area (Å²) in [6.07, 6.45) is 4.42. The number of rotatable bonds is 8. The first-order chi connectivity index (χ1) is 20.5. The van der Waals surface area contributed by atoms with Crippen molar-refractivity contribution < 1.29 is 39.7 Å². The lowest BCUT2D eigenvalue weighted by atomic mass is 10.0. The van der Waals surface area contributed by atoms with Crippen molar-refractivity contribution in [2.24, 2.45) is 0 Å². The molecule has 0 aliphatic carbocycles. The smallest absolute Gasteiger partial charge is 0.375 e. The van der Waals surface area contributed by atoms with Gasteiger partial charge in [0.05, 0.1) is 11.8 Å². The summed E-state index contributed by atoms with van der Waals surface area (Å²) >= 11 is 0. The van der Waals surface area contributed by atoms with Crippen molar-refractivity contribution in [2.75, 3.05) is 10.8 Å². The van der Waals surface area contributed by atoms with Crippen molar-refractivity contribution in [2.45, 2.75) is 5.88 Å². The topological polar surface area (TPSA) is 138 Å². The van der Waals surface area contributed by atoms with Gasteiger partial charge in [-0.25, -0.2) is 0 Å². The van der Waals surface area contributed by atoms with Gasteiger partial charge in [0.1, 0.15) is 0 Å². The van der Waals surface area contributed by atoms with E-state index in [9.17, 15) is 25.9 Å². The molecule has 218 valence electrons. The lowest BCUT2D eigenvalue weighted by molar-refractivity contribution is -0.658. The number of benzene rings is 4. The van der Waals surface area contributed by atoms with E-state index in [2.05, 4.69) is 0 Å². The minimum Gasteiger partial charge on any atom is -0.439 e. The summed E-state index contributed by atoms with van der Waals surface area (Å²) in [7, 11) is -8.89. The lowest BCUT2D eigenvalue weighted by Gasteiger charge is -2.16. The minimum absolute atomic E-state index is 0.109. The first-order valence-electron chi connectivity index (χ1n) is 13.0. The first kappa shape index (κ1) is 28.4. The summed E-state index contributed by atoms with van der Waals surface area (Å²) in [5.74, 6) is -0.904. The van der Waals surface area contributed by atoms with Crippen LogP contribution in [-0.2, 0) is 26.1 Å². The van der Waals surface area contributed by atoms with Gasteiger partial charge in [0.2, 0.25) is 11.5 Å². The van der Waals surface area contributed by atoms with E-state index in [4.69, 9.17) is 9.15 Å². The van der Waals surface area contributed by atoms with Gasteiger partial charge in [-0.05, 0) is 52.6 Å². The van der Waals surface area contributed by atoms with Crippen LogP contribution in [0.25, 0.3) is 39.4 Å². The van der Waals surface area contributed by atoms with Crippen molar-refractivity contribution >= 4 is 43.1 Å². The fraction of sp³-hybridized carbons (Fsp3) is 0.0645. The Labute approximate surface area is 247 Å². The van der Waals surface area contributed by atoms with Gasteiger partial charge in [-0.3, -0.25) is 14.0 Å². The first-order valence-corrected chi connectivity index (χ1v) is 16.2. The molecule has 0 saturated carbocycles. The third-order valence-corrected chi connectivity index (χ3v) is 7.91. The van der Waals surface area contributed by atoms with Gasteiger partial charge in [0.15, 0.2) is 11.6 Å². The molecule has 5 aromatic rings. The molecule has 2 heterocycles. The number of anilines is 1. The molecule has 0 fully saturated rings. The molecule has 0 atom stereocenters. The number of fused-ring (bicyclic) bond motifs is 2. The van der Waals surface area contributed by atoms with E-state index < -0.39 is 32.0 Å². The number of hydrogen-bond acceptors (Lipinski definition) is 7. The molecule has 0 saturated heterocycles. The zero-order valence-corrected chi connectivity index (χ0v) is 24.1. The predicted octanol–water partition coefficient (Wildman–Crippen LogP) is 5.50. The van der Waals surface area contributed by atoms with E-state index in [1.165, 1.54) is 27.7 Å². The van der Waals surface area contributed by atoms with E-state index in [-0.39, 0.29) is 11.8 Å². The Morgan fingerprint density at radius 2 is 1.37 bits per heavy atom. The molecule has 0 radical (unpaired) electrons. The second-order valence-corrected chi connectivity index (χ2v) is 12.6. The van der Waals surface area contributed by atoms with Gasteiger partial charge >= 0.3 is 16.0 Å². The molecular weight excluding hydrogens is 592 g/mol. The molecule has 1 aliphatic heterocycles. The third kappa shape index (κ3) is 6.37. The Bertz CT molecular complexity index is 2110. The van der Waals surface area contributed by atoms with E-state index >= 15 is 0 Å². The van der Waals surface area contributed by atoms with Gasteiger partial charge < -0.3 is 9.15 Å². The summed E-state index contributed by atoms with van der Waals surface area (Å²) < 4.78 is 80.1. The molecule has 0 unspecified atom stereocenters. The molecule has 2 N–H and O–H groups in total. The highest BCUT2D eigenvalue weighted by molar-refractivity contribution is 7.85. The number of ether oxygens (including phenoxy) is 1. The number of oxazole rings is 1. The predicted molar refractivity (Wildman–Crippen MR) is 162 cm³/mol. The molecule has 1 aliphatic rings. The van der Waals surface area contributed by atoms with Crippen molar-refractivity contribution in [3.05, 3.63) is 121 Å². The number of aromatic nitrogens is 1. The zero-order valence-electron chi connectivity index (χ0n) is 22.4. The monoisotopic (exact) mass is 617 g/mol. The van der Waals surface area contributed by atoms with Crippen LogP contribution in [0.5, 0.6) is 5.75 Å². The van der Waals surface area contributed by atoms with E-state index in [0.717, 1.165) is 22.3 Å². The van der Waals surface area contributed by atoms with Crippen LogP contribution >= 0.6 is 0 Å². The molecular formula is C31H25N2O8S2+. The highest BCUT2D eigenvalue weighted by atomic mass is 32.2. The molecule has 0 amide bonds. The normalized spacial score (nSPS) is 14.5. The van der Waals surface area contributed by atoms with Crippen molar-refractivity contribution in [1.82, 2.24) is 0 Å². The summed E-state index contributed by atoms with van der Waals surface area (Å²) in [6, 6.07) is 29.7. The molecule has 0 spiro atoms. The number of hydrogen-bond donors (Lipinski definition) is 2. The summed E-state index contributed by atoms with van der Waals surface area (Å²) in [4.78, 5) is 1.32. The Morgan fingerprint density at radius 3 is 2.00 bits per heavy atom. The average Bonchev–Trinajstić information content (AvgIpc) is 3.48. The Balaban J connectivity index is 1.38. The van der Waals surface area contributed by atoms with Crippen LogP contribution in [0.15, 0.2) is 120 Å². The van der Waals surface area contributed by atoms with Gasteiger partial charge in [-0.2, -0.15) is 16.8 Å². The van der Waals surface area contributed by atoms with Crippen LogP contribution in [0.4, 0.5) is 5.69 Å². The Hall–Kier alpha value is -4.75. The van der Waals surface area contributed by atoms with E-state index in [1.807, 2.05) is 72.8 Å². The number of nitrogens with zero attached hydrogens (tertiary/aromatic N) is 2. The zero-order chi connectivity index (χ0) is 30.2. The largest absolute Gasteiger partial charge is 0.439 e.